The lowest BCUT2D eigenvalue weighted by Crippen LogP contribution is -2.54. The molecule has 4 rings (SSSR count). The second-order valence-electron chi connectivity index (χ2n) is 8.31. The van der Waals surface area contributed by atoms with Gasteiger partial charge < -0.3 is 9.32 Å². The van der Waals surface area contributed by atoms with E-state index in [1.54, 1.807) is 0 Å². The molecule has 6 heteroatoms. The molecule has 1 unspecified atom stereocenters. The highest BCUT2D eigenvalue weighted by molar-refractivity contribution is 5.77. The number of piperidine rings is 2. The van der Waals surface area contributed by atoms with Crippen molar-refractivity contribution in [3.8, 4) is 0 Å². The van der Waals surface area contributed by atoms with Crippen molar-refractivity contribution in [2.75, 3.05) is 26.2 Å². The van der Waals surface area contributed by atoms with E-state index in [9.17, 15) is 4.79 Å². The SMILES string of the molecule is CCc1nnc(CN2CCCC3(CCC(=O)N(CCc4ccccc4)C3)C2)o1. The van der Waals surface area contributed by atoms with E-state index < -0.39 is 0 Å². The van der Waals surface area contributed by atoms with Crippen molar-refractivity contribution in [3.63, 3.8) is 0 Å². The van der Waals surface area contributed by atoms with Gasteiger partial charge in [-0.05, 0) is 37.8 Å². The maximum atomic E-state index is 12.5. The molecule has 2 aliphatic heterocycles. The maximum Gasteiger partial charge on any atom is 0.230 e. The molecule has 2 fully saturated rings. The summed E-state index contributed by atoms with van der Waals surface area (Å²) in [6, 6.07) is 10.4. The number of benzene rings is 1. The molecule has 0 saturated carbocycles. The van der Waals surface area contributed by atoms with Crippen LogP contribution in [0.25, 0.3) is 0 Å². The van der Waals surface area contributed by atoms with Gasteiger partial charge in [0.2, 0.25) is 17.7 Å². The molecule has 1 spiro atoms. The highest BCUT2D eigenvalue weighted by Gasteiger charge is 2.41. The summed E-state index contributed by atoms with van der Waals surface area (Å²) in [6.07, 6.45) is 5.72. The molecule has 1 amide bonds. The number of rotatable bonds is 6. The number of nitrogens with zero attached hydrogens (tertiary/aromatic N) is 4. The largest absolute Gasteiger partial charge is 0.424 e. The summed E-state index contributed by atoms with van der Waals surface area (Å²) in [7, 11) is 0. The van der Waals surface area contributed by atoms with Crippen molar-refractivity contribution in [1.82, 2.24) is 20.0 Å². The van der Waals surface area contributed by atoms with Crippen molar-refractivity contribution in [1.29, 1.82) is 0 Å². The molecule has 1 aromatic carbocycles. The molecule has 2 aliphatic rings. The number of amides is 1. The van der Waals surface area contributed by atoms with Gasteiger partial charge in [-0.3, -0.25) is 9.69 Å². The zero-order valence-corrected chi connectivity index (χ0v) is 16.8. The van der Waals surface area contributed by atoms with Gasteiger partial charge in [0.25, 0.3) is 0 Å². The predicted molar refractivity (Wildman–Crippen MR) is 107 cm³/mol. The first-order valence-corrected chi connectivity index (χ1v) is 10.5. The van der Waals surface area contributed by atoms with Crippen LogP contribution in [-0.4, -0.2) is 52.1 Å². The maximum absolute atomic E-state index is 12.5. The van der Waals surface area contributed by atoms with E-state index in [0.29, 0.717) is 30.7 Å². The first-order chi connectivity index (χ1) is 13.7. The van der Waals surface area contributed by atoms with Crippen LogP contribution in [0.4, 0.5) is 0 Å². The van der Waals surface area contributed by atoms with Gasteiger partial charge in [-0.2, -0.15) is 0 Å². The molecule has 0 N–H and O–H groups in total. The molecule has 0 radical (unpaired) electrons. The molecule has 0 aliphatic carbocycles. The number of hydrogen-bond donors (Lipinski definition) is 0. The van der Waals surface area contributed by atoms with Gasteiger partial charge in [0, 0.05) is 37.9 Å². The van der Waals surface area contributed by atoms with Gasteiger partial charge in [0.15, 0.2) is 0 Å². The van der Waals surface area contributed by atoms with E-state index in [4.69, 9.17) is 4.42 Å². The van der Waals surface area contributed by atoms with E-state index in [1.807, 2.05) is 13.0 Å². The average molecular weight is 383 g/mol. The Kier molecular flexibility index (Phi) is 5.76. The Balaban J connectivity index is 1.37. The van der Waals surface area contributed by atoms with E-state index in [0.717, 1.165) is 51.9 Å². The molecular formula is C22H30N4O2. The Morgan fingerprint density at radius 2 is 1.93 bits per heavy atom. The minimum atomic E-state index is 0.205. The van der Waals surface area contributed by atoms with Crippen LogP contribution in [0.5, 0.6) is 0 Å². The topological polar surface area (TPSA) is 62.5 Å². The van der Waals surface area contributed by atoms with Gasteiger partial charge in [0.05, 0.1) is 6.54 Å². The van der Waals surface area contributed by atoms with E-state index in [2.05, 4.69) is 44.3 Å². The highest BCUT2D eigenvalue weighted by atomic mass is 16.4. The fraction of sp³-hybridized carbons (Fsp3) is 0.591. The Bertz CT molecular complexity index is 791. The second-order valence-corrected chi connectivity index (χ2v) is 8.31. The lowest BCUT2D eigenvalue weighted by molar-refractivity contribution is -0.139. The minimum absolute atomic E-state index is 0.205. The molecule has 28 heavy (non-hydrogen) atoms. The van der Waals surface area contributed by atoms with Crippen LogP contribution < -0.4 is 0 Å². The summed E-state index contributed by atoms with van der Waals surface area (Å²) >= 11 is 0. The van der Waals surface area contributed by atoms with Crippen LogP contribution in [0, 0.1) is 5.41 Å². The lowest BCUT2D eigenvalue weighted by atomic mass is 9.73. The monoisotopic (exact) mass is 382 g/mol. The summed E-state index contributed by atoms with van der Waals surface area (Å²) in [5.41, 5.74) is 1.50. The number of carbonyl (C=O) groups is 1. The number of aromatic nitrogens is 2. The Hall–Kier alpha value is -2.21. The van der Waals surface area contributed by atoms with Crippen molar-refractivity contribution in [2.45, 2.75) is 52.0 Å². The fourth-order valence-electron chi connectivity index (χ4n) is 4.68. The molecule has 6 nitrogen and oxygen atoms in total. The van der Waals surface area contributed by atoms with Crippen LogP contribution >= 0.6 is 0 Å². The third-order valence-corrected chi connectivity index (χ3v) is 6.17. The average Bonchev–Trinajstić information content (AvgIpc) is 3.17. The molecule has 0 bridgehead atoms. The molecule has 1 atom stereocenters. The van der Waals surface area contributed by atoms with E-state index in [1.165, 1.54) is 12.0 Å². The molecular weight excluding hydrogens is 352 g/mol. The number of aryl methyl sites for hydroxylation is 1. The number of likely N-dealkylation sites (tertiary alicyclic amines) is 2. The van der Waals surface area contributed by atoms with Crippen molar-refractivity contribution < 1.29 is 9.21 Å². The Labute approximate surface area is 166 Å². The number of carbonyl (C=O) groups excluding carboxylic acids is 1. The minimum Gasteiger partial charge on any atom is -0.424 e. The third kappa shape index (κ3) is 4.43. The molecule has 2 saturated heterocycles. The van der Waals surface area contributed by atoms with Gasteiger partial charge in [-0.25, -0.2) is 0 Å². The van der Waals surface area contributed by atoms with Crippen molar-refractivity contribution in [2.24, 2.45) is 5.41 Å². The van der Waals surface area contributed by atoms with Crippen LogP contribution in [-0.2, 0) is 24.2 Å². The fourth-order valence-corrected chi connectivity index (χ4v) is 4.68. The molecule has 2 aromatic rings. The lowest BCUT2D eigenvalue weighted by Gasteiger charge is -2.48. The van der Waals surface area contributed by atoms with Gasteiger partial charge in [-0.1, -0.05) is 37.3 Å². The van der Waals surface area contributed by atoms with Crippen LogP contribution in [0.2, 0.25) is 0 Å². The Morgan fingerprint density at radius 1 is 1.11 bits per heavy atom. The zero-order chi connectivity index (χ0) is 19.4. The van der Waals surface area contributed by atoms with Gasteiger partial charge in [-0.15, -0.1) is 10.2 Å². The summed E-state index contributed by atoms with van der Waals surface area (Å²) in [5, 5.41) is 8.26. The standard InChI is InChI=1S/C22H30N4O2/c1-2-19-23-24-20(28-19)15-25-13-6-11-22(16-25)12-9-21(27)26(17-22)14-10-18-7-4-3-5-8-18/h3-5,7-8H,2,6,9-17H2,1H3. The van der Waals surface area contributed by atoms with Crippen LogP contribution in [0.15, 0.2) is 34.7 Å². The molecule has 3 heterocycles. The van der Waals surface area contributed by atoms with Gasteiger partial charge in [0.1, 0.15) is 0 Å². The first-order valence-electron chi connectivity index (χ1n) is 10.5. The normalized spacial score (nSPS) is 23.5. The molecule has 1 aromatic heterocycles. The summed E-state index contributed by atoms with van der Waals surface area (Å²) in [4.78, 5) is 17.1. The first kappa shape index (κ1) is 19.1. The van der Waals surface area contributed by atoms with Gasteiger partial charge >= 0.3 is 0 Å². The predicted octanol–water partition coefficient (Wildman–Crippen LogP) is 3.08. The summed E-state index contributed by atoms with van der Waals surface area (Å²) in [6.45, 7) is 6.49. The third-order valence-electron chi connectivity index (χ3n) is 6.17. The summed E-state index contributed by atoms with van der Waals surface area (Å²) in [5.74, 6) is 1.72. The van der Waals surface area contributed by atoms with Crippen LogP contribution in [0.1, 0.15) is 50.0 Å². The molecule has 150 valence electrons. The van der Waals surface area contributed by atoms with E-state index in [-0.39, 0.29) is 5.41 Å². The summed E-state index contributed by atoms with van der Waals surface area (Å²) < 4.78 is 5.71. The number of hydrogen-bond acceptors (Lipinski definition) is 5. The van der Waals surface area contributed by atoms with E-state index >= 15 is 0 Å². The second kappa shape index (κ2) is 8.43. The van der Waals surface area contributed by atoms with Crippen molar-refractivity contribution >= 4 is 5.91 Å². The van der Waals surface area contributed by atoms with Crippen LogP contribution in [0.3, 0.4) is 0 Å². The highest BCUT2D eigenvalue weighted by Crippen LogP contribution is 2.39. The zero-order valence-electron chi connectivity index (χ0n) is 16.8. The van der Waals surface area contributed by atoms with Crippen molar-refractivity contribution in [3.05, 3.63) is 47.7 Å². The smallest absolute Gasteiger partial charge is 0.230 e. The quantitative estimate of drug-likeness (QED) is 0.768. The Morgan fingerprint density at radius 3 is 2.71 bits per heavy atom.